The molecule has 27 heavy (non-hydrogen) atoms. The second-order valence-electron chi connectivity index (χ2n) is 5.90. The molecule has 1 atom stereocenters. The van der Waals surface area contributed by atoms with Crippen LogP contribution in [0.2, 0.25) is 0 Å². The fourth-order valence-corrected chi connectivity index (χ4v) is 3.12. The van der Waals surface area contributed by atoms with Gasteiger partial charge in [-0.1, -0.05) is 0 Å². The minimum atomic E-state index is -0.489. The van der Waals surface area contributed by atoms with Crippen molar-refractivity contribution in [3.63, 3.8) is 0 Å². The van der Waals surface area contributed by atoms with E-state index in [9.17, 15) is 4.79 Å². The van der Waals surface area contributed by atoms with Gasteiger partial charge in [-0.25, -0.2) is 0 Å². The number of ether oxygens (including phenoxy) is 6. The summed E-state index contributed by atoms with van der Waals surface area (Å²) in [7, 11) is 7.68. The average molecular weight is 374 g/mol. The van der Waals surface area contributed by atoms with E-state index in [1.165, 1.54) is 21.3 Å². The highest BCUT2D eigenvalue weighted by molar-refractivity contribution is 6.00. The zero-order valence-corrected chi connectivity index (χ0v) is 16.0. The molecule has 2 aromatic carbocycles. The van der Waals surface area contributed by atoms with Crippen LogP contribution in [0.4, 0.5) is 0 Å². The van der Waals surface area contributed by atoms with Crippen LogP contribution in [0.3, 0.4) is 0 Å². The summed E-state index contributed by atoms with van der Waals surface area (Å²) >= 11 is 0. The van der Waals surface area contributed by atoms with Crippen molar-refractivity contribution in [2.45, 2.75) is 12.5 Å². The lowest BCUT2D eigenvalue weighted by atomic mass is 9.95. The first kappa shape index (κ1) is 18.7. The number of rotatable bonds is 6. The molecule has 0 aliphatic carbocycles. The number of methoxy groups -OCH3 is 5. The molecule has 0 fully saturated rings. The Kier molecular flexibility index (Phi) is 5.30. The summed E-state index contributed by atoms with van der Waals surface area (Å²) in [6, 6.07) is 6.87. The van der Waals surface area contributed by atoms with E-state index in [2.05, 4.69) is 0 Å². The third-order valence-corrected chi connectivity index (χ3v) is 4.49. The minimum Gasteiger partial charge on any atom is -0.493 e. The highest BCUT2D eigenvalue weighted by Crippen LogP contribution is 2.45. The van der Waals surface area contributed by atoms with E-state index in [1.54, 1.807) is 38.5 Å². The molecule has 0 radical (unpaired) electrons. The first-order chi connectivity index (χ1) is 13.1. The third-order valence-electron chi connectivity index (χ3n) is 4.49. The lowest BCUT2D eigenvalue weighted by Gasteiger charge is -2.27. The number of hydrogen-bond donors (Lipinski definition) is 0. The van der Waals surface area contributed by atoms with Gasteiger partial charge < -0.3 is 28.4 Å². The van der Waals surface area contributed by atoms with Crippen LogP contribution in [-0.4, -0.2) is 41.3 Å². The molecule has 3 rings (SSSR count). The molecule has 1 aliphatic rings. The van der Waals surface area contributed by atoms with Crippen molar-refractivity contribution in [2.75, 3.05) is 35.5 Å². The molecule has 0 bridgehead atoms. The van der Waals surface area contributed by atoms with Crippen molar-refractivity contribution in [2.24, 2.45) is 0 Å². The van der Waals surface area contributed by atoms with Gasteiger partial charge in [-0.2, -0.15) is 0 Å². The maximum atomic E-state index is 12.7. The normalized spacial score (nSPS) is 15.4. The monoisotopic (exact) mass is 374 g/mol. The van der Waals surface area contributed by atoms with Gasteiger partial charge in [-0.3, -0.25) is 4.79 Å². The van der Waals surface area contributed by atoms with Crippen molar-refractivity contribution >= 4 is 5.78 Å². The first-order valence-electron chi connectivity index (χ1n) is 8.32. The molecular weight excluding hydrogens is 352 g/mol. The number of ketones is 1. The second kappa shape index (κ2) is 7.65. The van der Waals surface area contributed by atoms with E-state index in [1.807, 2.05) is 0 Å². The summed E-state index contributed by atoms with van der Waals surface area (Å²) in [6.07, 6.45) is -0.307. The molecule has 7 heteroatoms. The van der Waals surface area contributed by atoms with Crippen LogP contribution >= 0.6 is 0 Å². The van der Waals surface area contributed by atoms with Gasteiger partial charge in [0.2, 0.25) is 5.75 Å². The van der Waals surface area contributed by atoms with Gasteiger partial charge in [0.1, 0.15) is 11.9 Å². The summed E-state index contributed by atoms with van der Waals surface area (Å²) in [5.74, 6) is 2.87. The average Bonchev–Trinajstić information content (AvgIpc) is 2.71. The van der Waals surface area contributed by atoms with E-state index in [0.717, 1.165) is 5.56 Å². The van der Waals surface area contributed by atoms with Gasteiger partial charge in [0.15, 0.2) is 28.8 Å². The molecule has 1 aliphatic heterocycles. The largest absolute Gasteiger partial charge is 0.493 e. The lowest BCUT2D eigenvalue weighted by Crippen LogP contribution is -2.20. The highest BCUT2D eigenvalue weighted by Gasteiger charge is 2.31. The standard InChI is InChI=1S/C20H22O7/c1-22-16-8-12-13(21)9-14(27-15(12)10-17(16)23-2)11-6-18(24-3)20(26-5)19(7-11)25-4/h6-8,10,14H,9H2,1-5H3/t14-/m0/s1. The van der Waals surface area contributed by atoms with Gasteiger partial charge >= 0.3 is 0 Å². The Hall–Kier alpha value is -3.09. The van der Waals surface area contributed by atoms with Gasteiger partial charge in [-0.05, 0) is 18.2 Å². The summed E-state index contributed by atoms with van der Waals surface area (Å²) in [6.45, 7) is 0. The zero-order valence-electron chi connectivity index (χ0n) is 16.0. The molecule has 0 saturated carbocycles. The lowest BCUT2D eigenvalue weighted by molar-refractivity contribution is 0.0847. The van der Waals surface area contributed by atoms with Gasteiger partial charge in [0.05, 0.1) is 47.5 Å². The maximum absolute atomic E-state index is 12.7. The Labute approximate surface area is 157 Å². The van der Waals surface area contributed by atoms with Crippen LogP contribution in [-0.2, 0) is 0 Å². The van der Waals surface area contributed by atoms with Gasteiger partial charge in [-0.15, -0.1) is 0 Å². The van der Waals surface area contributed by atoms with Gasteiger partial charge in [0, 0.05) is 11.6 Å². The molecule has 0 unspecified atom stereocenters. The number of fused-ring (bicyclic) bond motifs is 1. The Balaban J connectivity index is 2.03. The number of hydrogen-bond acceptors (Lipinski definition) is 7. The van der Waals surface area contributed by atoms with Crippen LogP contribution in [0.15, 0.2) is 24.3 Å². The first-order valence-corrected chi connectivity index (χ1v) is 8.32. The Morgan fingerprint density at radius 3 is 1.85 bits per heavy atom. The van der Waals surface area contributed by atoms with Crippen molar-refractivity contribution in [3.05, 3.63) is 35.4 Å². The Morgan fingerprint density at radius 2 is 1.33 bits per heavy atom. The summed E-state index contributed by atoms with van der Waals surface area (Å²) in [4.78, 5) is 12.7. The van der Waals surface area contributed by atoms with Crippen LogP contribution in [0.25, 0.3) is 0 Å². The number of carbonyl (C=O) groups is 1. The molecule has 7 nitrogen and oxygen atoms in total. The van der Waals surface area contributed by atoms with Crippen molar-refractivity contribution < 1.29 is 33.2 Å². The molecule has 1 heterocycles. The van der Waals surface area contributed by atoms with E-state index in [4.69, 9.17) is 28.4 Å². The Bertz CT molecular complexity index is 835. The van der Waals surface area contributed by atoms with Crippen LogP contribution in [0.1, 0.15) is 28.4 Å². The van der Waals surface area contributed by atoms with E-state index < -0.39 is 6.10 Å². The van der Waals surface area contributed by atoms with Gasteiger partial charge in [0.25, 0.3) is 0 Å². The molecule has 0 saturated heterocycles. The van der Waals surface area contributed by atoms with Crippen molar-refractivity contribution in [3.8, 4) is 34.5 Å². The number of carbonyl (C=O) groups excluding carboxylic acids is 1. The zero-order chi connectivity index (χ0) is 19.6. The van der Waals surface area contributed by atoms with Crippen molar-refractivity contribution in [1.29, 1.82) is 0 Å². The van der Waals surface area contributed by atoms with Crippen LogP contribution in [0.5, 0.6) is 34.5 Å². The minimum absolute atomic E-state index is 0.0454. The quantitative estimate of drug-likeness (QED) is 0.767. The molecule has 0 aromatic heterocycles. The number of benzene rings is 2. The van der Waals surface area contributed by atoms with E-state index >= 15 is 0 Å². The molecule has 0 spiro atoms. The fourth-order valence-electron chi connectivity index (χ4n) is 3.12. The predicted octanol–water partition coefficient (Wildman–Crippen LogP) is 3.44. The topological polar surface area (TPSA) is 72.5 Å². The fraction of sp³-hybridized carbons (Fsp3) is 0.350. The predicted molar refractivity (Wildman–Crippen MR) is 98.0 cm³/mol. The molecule has 144 valence electrons. The molecular formula is C20H22O7. The molecule has 2 aromatic rings. The Morgan fingerprint density at radius 1 is 0.778 bits per heavy atom. The molecule has 0 amide bonds. The number of Topliss-reactive ketones (excluding diaryl/α,β-unsaturated/α-hetero) is 1. The SMILES string of the molecule is COc1cc2c(cc1OC)C(=O)C[C@@H](c1cc(OC)c(OC)c(OC)c1)O2. The highest BCUT2D eigenvalue weighted by atomic mass is 16.5. The maximum Gasteiger partial charge on any atom is 0.203 e. The van der Waals surface area contributed by atoms with Crippen molar-refractivity contribution in [1.82, 2.24) is 0 Å². The van der Waals surface area contributed by atoms with Crippen LogP contribution in [0, 0.1) is 0 Å². The van der Waals surface area contributed by atoms with E-state index in [-0.39, 0.29) is 12.2 Å². The van der Waals surface area contributed by atoms with Crippen LogP contribution < -0.4 is 28.4 Å². The third kappa shape index (κ3) is 3.32. The summed E-state index contributed by atoms with van der Waals surface area (Å²) < 4.78 is 32.8. The smallest absolute Gasteiger partial charge is 0.203 e. The van der Waals surface area contributed by atoms with E-state index in [0.29, 0.717) is 40.1 Å². The molecule has 0 N–H and O–H groups in total. The summed E-state index contributed by atoms with van der Waals surface area (Å²) in [5, 5.41) is 0. The second-order valence-corrected chi connectivity index (χ2v) is 5.90. The summed E-state index contributed by atoms with van der Waals surface area (Å²) in [5.41, 5.74) is 1.22.